The summed E-state index contributed by atoms with van der Waals surface area (Å²) in [5, 5.41) is 0. The molecule has 1 unspecified atom stereocenters. The van der Waals surface area contributed by atoms with Crippen molar-refractivity contribution in [3.63, 3.8) is 0 Å². The lowest BCUT2D eigenvalue weighted by Crippen LogP contribution is -2.10. The van der Waals surface area contributed by atoms with E-state index in [1.807, 2.05) is 0 Å². The summed E-state index contributed by atoms with van der Waals surface area (Å²) >= 11 is 0. The summed E-state index contributed by atoms with van der Waals surface area (Å²) in [7, 11) is 0. The second kappa shape index (κ2) is 7.14. The fourth-order valence-corrected chi connectivity index (χ4v) is 1.44. The number of hydrogen-bond donors (Lipinski definition) is 2. The van der Waals surface area contributed by atoms with Gasteiger partial charge in [0.05, 0.1) is 24.7 Å². The van der Waals surface area contributed by atoms with Crippen LogP contribution in [0.4, 0.5) is 5.82 Å². The van der Waals surface area contributed by atoms with E-state index in [1.54, 1.807) is 12.4 Å². The first-order valence-corrected chi connectivity index (χ1v) is 5.61. The van der Waals surface area contributed by atoms with E-state index in [0.717, 1.165) is 12.3 Å². The minimum atomic E-state index is 0.506. The topological polar surface area (TPSA) is 73.1 Å². The van der Waals surface area contributed by atoms with Crippen molar-refractivity contribution in [2.45, 2.75) is 33.3 Å². The van der Waals surface area contributed by atoms with Crippen molar-refractivity contribution in [3.05, 3.63) is 18.1 Å². The summed E-state index contributed by atoms with van der Waals surface area (Å²) in [6.07, 6.45) is 5.65. The molecule has 1 aromatic rings. The molecule has 0 spiro atoms. The minimum absolute atomic E-state index is 0.506. The largest absolute Gasteiger partial charge is 0.375 e. The van der Waals surface area contributed by atoms with Gasteiger partial charge in [0.2, 0.25) is 0 Å². The van der Waals surface area contributed by atoms with Gasteiger partial charge in [0, 0.05) is 6.61 Å². The van der Waals surface area contributed by atoms with E-state index in [1.165, 1.54) is 12.8 Å². The maximum atomic E-state index is 5.55. The first-order chi connectivity index (χ1) is 7.76. The molecule has 0 amide bonds. The number of anilines is 1. The monoisotopic (exact) mass is 224 g/mol. The Morgan fingerprint density at radius 1 is 1.44 bits per heavy atom. The van der Waals surface area contributed by atoms with Gasteiger partial charge in [-0.15, -0.1) is 0 Å². The number of ether oxygens (including phenoxy) is 1. The fraction of sp³-hybridized carbons (Fsp3) is 0.636. The van der Waals surface area contributed by atoms with Gasteiger partial charge in [0.1, 0.15) is 0 Å². The van der Waals surface area contributed by atoms with Crippen molar-refractivity contribution in [2.75, 3.05) is 12.0 Å². The van der Waals surface area contributed by atoms with Crippen molar-refractivity contribution >= 4 is 5.82 Å². The Morgan fingerprint density at radius 2 is 2.25 bits per heavy atom. The molecule has 3 N–H and O–H groups in total. The standard InChI is InChI=1S/C11H20N4O/c1-3-4-9(2)7-16-8-10-5-14-11(15-12)6-13-10/h5-6,9H,3-4,7-8,12H2,1-2H3,(H,14,15). The molecule has 1 atom stereocenters. The molecule has 0 saturated carbocycles. The second-order valence-electron chi connectivity index (χ2n) is 3.95. The fourth-order valence-electron chi connectivity index (χ4n) is 1.44. The third-order valence-electron chi connectivity index (χ3n) is 2.29. The van der Waals surface area contributed by atoms with Crippen LogP contribution in [0.25, 0.3) is 0 Å². The number of hydrogen-bond acceptors (Lipinski definition) is 5. The molecule has 90 valence electrons. The van der Waals surface area contributed by atoms with Gasteiger partial charge < -0.3 is 10.2 Å². The minimum Gasteiger partial charge on any atom is -0.375 e. The lowest BCUT2D eigenvalue weighted by Gasteiger charge is -2.10. The Kier molecular flexibility index (Phi) is 5.74. The lowest BCUT2D eigenvalue weighted by atomic mass is 10.1. The van der Waals surface area contributed by atoms with Gasteiger partial charge in [-0.2, -0.15) is 0 Å². The number of rotatable bonds is 7. The molecule has 1 heterocycles. The molecule has 5 nitrogen and oxygen atoms in total. The molecule has 0 aliphatic carbocycles. The first kappa shape index (κ1) is 12.9. The Labute approximate surface area is 96.4 Å². The highest BCUT2D eigenvalue weighted by Gasteiger charge is 2.02. The van der Waals surface area contributed by atoms with Gasteiger partial charge >= 0.3 is 0 Å². The van der Waals surface area contributed by atoms with Crippen LogP contribution >= 0.6 is 0 Å². The highest BCUT2D eigenvalue weighted by molar-refractivity contribution is 5.28. The molecule has 0 aliphatic heterocycles. The van der Waals surface area contributed by atoms with Crippen LogP contribution in [0.15, 0.2) is 12.4 Å². The zero-order valence-electron chi connectivity index (χ0n) is 9.94. The summed E-state index contributed by atoms with van der Waals surface area (Å²) in [5.41, 5.74) is 3.25. The number of nitrogens with one attached hydrogen (secondary N) is 1. The highest BCUT2D eigenvalue weighted by atomic mass is 16.5. The maximum absolute atomic E-state index is 5.55. The van der Waals surface area contributed by atoms with E-state index < -0.39 is 0 Å². The van der Waals surface area contributed by atoms with Crippen LogP contribution in [0.2, 0.25) is 0 Å². The van der Waals surface area contributed by atoms with Crippen LogP contribution in [0.1, 0.15) is 32.4 Å². The van der Waals surface area contributed by atoms with E-state index in [4.69, 9.17) is 10.6 Å². The summed E-state index contributed by atoms with van der Waals surface area (Å²) in [4.78, 5) is 8.22. The van der Waals surface area contributed by atoms with Gasteiger partial charge in [-0.3, -0.25) is 4.98 Å². The summed E-state index contributed by atoms with van der Waals surface area (Å²) in [6, 6.07) is 0. The average molecular weight is 224 g/mol. The van der Waals surface area contributed by atoms with Crippen molar-refractivity contribution in [1.82, 2.24) is 9.97 Å². The quantitative estimate of drug-likeness (QED) is 0.545. The molecule has 1 rings (SSSR count). The van der Waals surface area contributed by atoms with Crippen LogP contribution < -0.4 is 11.3 Å². The maximum Gasteiger partial charge on any atom is 0.158 e. The van der Waals surface area contributed by atoms with E-state index in [9.17, 15) is 0 Å². The molecule has 1 aromatic heterocycles. The van der Waals surface area contributed by atoms with Crippen LogP contribution in [-0.2, 0) is 11.3 Å². The van der Waals surface area contributed by atoms with Crippen LogP contribution in [0, 0.1) is 5.92 Å². The average Bonchev–Trinajstić information content (AvgIpc) is 2.30. The van der Waals surface area contributed by atoms with Gasteiger partial charge in [0.15, 0.2) is 5.82 Å². The molecule has 0 fully saturated rings. The van der Waals surface area contributed by atoms with Gasteiger partial charge in [0.25, 0.3) is 0 Å². The number of nitrogen functional groups attached to an aromatic ring is 1. The molecule has 0 radical (unpaired) electrons. The summed E-state index contributed by atoms with van der Waals surface area (Å²) < 4.78 is 5.55. The lowest BCUT2D eigenvalue weighted by molar-refractivity contribution is 0.0870. The number of hydrazine groups is 1. The van der Waals surface area contributed by atoms with E-state index in [0.29, 0.717) is 18.3 Å². The van der Waals surface area contributed by atoms with Crippen LogP contribution in [0.5, 0.6) is 0 Å². The van der Waals surface area contributed by atoms with Gasteiger partial charge in [-0.25, -0.2) is 10.8 Å². The van der Waals surface area contributed by atoms with E-state index in [2.05, 4.69) is 29.2 Å². The predicted molar refractivity (Wildman–Crippen MR) is 63.6 cm³/mol. The normalized spacial score (nSPS) is 12.4. The third kappa shape index (κ3) is 4.55. The van der Waals surface area contributed by atoms with Gasteiger partial charge in [-0.05, 0) is 12.3 Å². The van der Waals surface area contributed by atoms with Gasteiger partial charge in [-0.1, -0.05) is 20.3 Å². The molecule has 0 aromatic carbocycles. The van der Waals surface area contributed by atoms with E-state index in [-0.39, 0.29) is 0 Å². The number of nitrogens with two attached hydrogens (primary N) is 1. The number of aromatic nitrogens is 2. The molecule has 0 aliphatic rings. The Morgan fingerprint density at radius 3 is 2.81 bits per heavy atom. The Bertz CT molecular complexity index is 289. The molecule has 0 bridgehead atoms. The van der Waals surface area contributed by atoms with Crippen molar-refractivity contribution in [1.29, 1.82) is 0 Å². The molecule has 0 saturated heterocycles. The predicted octanol–water partition coefficient (Wildman–Crippen LogP) is 1.71. The van der Waals surface area contributed by atoms with Crippen molar-refractivity contribution in [3.8, 4) is 0 Å². The summed E-state index contributed by atoms with van der Waals surface area (Å²) in [5.74, 6) is 6.35. The SMILES string of the molecule is CCCC(C)COCc1cnc(NN)cn1. The Hall–Kier alpha value is -1.20. The highest BCUT2D eigenvalue weighted by Crippen LogP contribution is 2.07. The summed E-state index contributed by atoms with van der Waals surface area (Å²) in [6.45, 7) is 5.65. The Balaban J connectivity index is 2.26. The third-order valence-corrected chi connectivity index (χ3v) is 2.29. The molecule has 5 heteroatoms. The first-order valence-electron chi connectivity index (χ1n) is 5.61. The zero-order chi connectivity index (χ0) is 11.8. The molecule has 16 heavy (non-hydrogen) atoms. The molecular weight excluding hydrogens is 204 g/mol. The van der Waals surface area contributed by atoms with Crippen molar-refractivity contribution in [2.24, 2.45) is 11.8 Å². The zero-order valence-corrected chi connectivity index (χ0v) is 9.94. The molecular formula is C11H20N4O. The smallest absolute Gasteiger partial charge is 0.158 e. The van der Waals surface area contributed by atoms with E-state index >= 15 is 0 Å². The second-order valence-corrected chi connectivity index (χ2v) is 3.95. The van der Waals surface area contributed by atoms with Crippen LogP contribution in [-0.4, -0.2) is 16.6 Å². The van der Waals surface area contributed by atoms with Crippen molar-refractivity contribution < 1.29 is 4.74 Å². The van der Waals surface area contributed by atoms with Crippen LogP contribution in [0.3, 0.4) is 0 Å². The number of nitrogens with zero attached hydrogens (tertiary/aromatic N) is 2.